The van der Waals surface area contributed by atoms with Crippen LogP contribution in [-0.2, 0) is 0 Å². The number of halogens is 3. The van der Waals surface area contributed by atoms with Crippen LogP contribution in [0.3, 0.4) is 0 Å². The molecule has 0 heterocycles. The van der Waals surface area contributed by atoms with Crippen LogP contribution < -0.4 is 5.32 Å². The lowest BCUT2D eigenvalue weighted by Gasteiger charge is -2.01. The smallest absolute Gasteiger partial charge is 0.187 e. The number of carbonyl (C=O) groups excluding carboxylic acids is 1. The van der Waals surface area contributed by atoms with E-state index in [1.807, 2.05) is 0 Å². The van der Waals surface area contributed by atoms with Gasteiger partial charge in [-0.05, 0) is 36.4 Å². The number of ketones is 1. The molecule has 5 heteroatoms. The first-order valence-electron chi connectivity index (χ1n) is 5.74. The summed E-state index contributed by atoms with van der Waals surface area (Å²) in [6.45, 7) is 0. The average molecular weight is 310 g/mol. The highest BCUT2D eigenvalue weighted by molar-refractivity contribution is 6.42. The van der Waals surface area contributed by atoms with Crippen LogP contribution >= 0.6 is 23.2 Å². The average Bonchev–Trinajstić information content (AvgIpc) is 2.42. The zero-order chi connectivity index (χ0) is 14.5. The molecule has 0 unspecified atom stereocenters. The molecule has 0 aliphatic heterocycles. The van der Waals surface area contributed by atoms with Crippen LogP contribution in [0.4, 0.5) is 10.1 Å². The van der Waals surface area contributed by atoms with Crippen LogP contribution in [0.5, 0.6) is 0 Å². The predicted molar refractivity (Wildman–Crippen MR) is 80.0 cm³/mol. The number of allylic oxidation sites excluding steroid dienone is 1. The van der Waals surface area contributed by atoms with Crippen molar-refractivity contribution in [1.29, 1.82) is 0 Å². The molecule has 0 aliphatic carbocycles. The molecule has 0 saturated carbocycles. The lowest BCUT2D eigenvalue weighted by atomic mass is 10.1. The van der Waals surface area contributed by atoms with E-state index < -0.39 is 0 Å². The summed E-state index contributed by atoms with van der Waals surface area (Å²) in [6.07, 6.45) is 2.78. The summed E-state index contributed by atoms with van der Waals surface area (Å²) >= 11 is 11.6. The van der Waals surface area contributed by atoms with Crippen LogP contribution in [0.25, 0.3) is 0 Å². The SMILES string of the molecule is O=C(/C=C\Nc1cccc(F)c1)c1ccc(Cl)c(Cl)c1. The molecule has 0 aliphatic rings. The highest BCUT2D eigenvalue weighted by atomic mass is 35.5. The first-order valence-corrected chi connectivity index (χ1v) is 6.50. The summed E-state index contributed by atoms with van der Waals surface area (Å²) in [7, 11) is 0. The van der Waals surface area contributed by atoms with Crippen molar-refractivity contribution in [3.8, 4) is 0 Å². The second-order valence-electron chi connectivity index (χ2n) is 3.98. The van der Waals surface area contributed by atoms with Gasteiger partial charge in [-0.3, -0.25) is 4.79 Å². The Morgan fingerprint density at radius 1 is 1.10 bits per heavy atom. The van der Waals surface area contributed by atoms with Gasteiger partial charge in [-0.25, -0.2) is 4.39 Å². The Morgan fingerprint density at radius 2 is 1.90 bits per heavy atom. The van der Waals surface area contributed by atoms with E-state index in [2.05, 4.69) is 5.32 Å². The molecule has 0 radical (unpaired) electrons. The minimum Gasteiger partial charge on any atom is -0.361 e. The minimum atomic E-state index is -0.348. The standard InChI is InChI=1S/C15H10Cl2FNO/c16-13-5-4-10(8-14(13)17)15(20)6-7-19-12-3-1-2-11(18)9-12/h1-9,19H/b7-6-. The topological polar surface area (TPSA) is 29.1 Å². The van der Waals surface area contributed by atoms with Crippen molar-refractivity contribution in [3.05, 3.63) is 76.2 Å². The third kappa shape index (κ3) is 3.83. The molecular formula is C15H10Cl2FNO. The van der Waals surface area contributed by atoms with E-state index in [1.54, 1.807) is 24.3 Å². The van der Waals surface area contributed by atoms with Crippen molar-refractivity contribution in [2.24, 2.45) is 0 Å². The number of anilines is 1. The lowest BCUT2D eigenvalue weighted by Crippen LogP contribution is -1.96. The second-order valence-corrected chi connectivity index (χ2v) is 4.80. The van der Waals surface area contributed by atoms with E-state index in [0.29, 0.717) is 21.3 Å². The lowest BCUT2D eigenvalue weighted by molar-refractivity contribution is 0.104. The molecule has 2 aromatic rings. The molecular weight excluding hydrogens is 300 g/mol. The summed E-state index contributed by atoms with van der Waals surface area (Å²) < 4.78 is 12.9. The molecule has 2 nitrogen and oxygen atoms in total. The molecule has 0 spiro atoms. The maximum Gasteiger partial charge on any atom is 0.187 e. The van der Waals surface area contributed by atoms with E-state index in [-0.39, 0.29) is 11.6 Å². The second kappa shape index (κ2) is 6.55. The molecule has 2 aromatic carbocycles. The van der Waals surface area contributed by atoms with Gasteiger partial charge >= 0.3 is 0 Å². The summed E-state index contributed by atoms with van der Waals surface area (Å²) in [4.78, 5) is 11.9. The maximum absolute atomic E-state index is 12.9. The van der Waals surface area contributed by atoms with E-state index in [1.165, 1.54) is 30.5 Å². The van der Waals surface area contributed by atoms with Gasteiger partial charge in [0.15, 0.2) is 5.78 Å². The fourth-order valence-electron chi connectivity index (χ4n) is 1.54. The highest BCUT2D eigenvalue weighted by Gasteiger charge is 2.04. The number of hydrogen-bond donors (Lipinski definition) is 1. The molecule has 102 valence electrons. The van der Waals surface area contributed by atoms with Crippen LogP contribution in [0.1, 0.15) is 10.4 Å². The van der Waals surface area contributed by atoms with Crippen molar-refractivity contribution in [3.63, 3.8) is 0 Å². The van der Waals surface area contributed by atoms with Crippen LogP contribution in [-0.4, -0.2) is 5.78 Å². The fraction of sp³-hybridized carbons (Fsp3) is 0. The number of hydrogen-bond acceptors (Lipinski definition) is 2. The normalized spacial score (nSPS) is 10.8. The van der Waals surface area contributed by atoms with Crippen molar-refractivity contribution >= 4 is 34.7 Å². The Kier molecular flexibility index (Phi) is 4.77. The van der Waals surface area contributed by atoms with Crippen molar-refractivity contribution in [2.75, 3.05) is 5.32 Å². The third-order valence-electron chi connectivity index (χ3n) is 2.51. The summed E-state index contributed by atoms with van der Waals surface area (Å²) in [6, 6.07) is 10.6. The first kappa shape index (κ1) is 14.6. The molecule has 1 N–H and O–H groups in total. The Labute approximate surface area is 125 Å². The molecule has 2 rings (SSSR count). The molecule has 0 bridgehead atoms. The molecule has 0 amide bonds. The Bertz CT molecular complexity index is 671. The van der Waals surface area contributed by atoms with E-state index >= 15 is 0 Å². The van der Waals surface area contributed by atoms with Gasteiger partial charge in [-0.15, -0.1) is 0 Å². The van der Waals surface area contributed by atoms with E-state index in [9.17, 15) is 9.18 Å². The number of carbonyl (C=O) groups is 1. The Balaban J connectivity index is 2.04. The first-order chi connectivity index (χ1) is 9.56. The van der Waals surface area contributed by atoms with Gasteiger partial charge in [-0.1, -0.05) is 29.3 Å². The zero-order valence-corrected chi connectivity index (χ0v) is 11.8. The quantitative estimate of drug-likeness (QED) is 0.640. The van der Waals surface area contributed by atoms with Crippen LogP contribution in [0.15, 0.2) is 54.7 Å². The monoisotopic (exact) mass is 309 g/mol. The van der Waals surface area contributed by atoms with Gasteiger partial charge in [-0.2, -0.15) is 0 Å². The predicted octanol–water partition coefficient (Wildman–Crippen LogP) is 4.94. The van der Waals surface area contributed by atoms with Gasteiger partial charge in [0.2, 0.25) is 0 Å². The largest absolute Gasteiger partial charge is 0.361 e. The van der Waals surface area contributed by atoms with E-state index in [4.69, 9.17) is 23.2 Å². The zero-order valence-electron chi connectivity index (χ0n) is 10.2. The summed E-state index contributed by atoms with van der Waals surface area (Å²) in [5, 5.41) is 3.53. The van der Waals surface area contributed by atoms with Gasteiger partial charge in [0.1, 0.15) is 5.82 Å². The minimum absolute atomic E-state index is 0.229. The Hall–Kier alpha value is -1.84. The van der Waals surface area contributed by atoms with Gasteiger partial charge < -0.3 is 5.32 Å². The van der Waals surface area contributed by atoms with Crippen molar-refractivity contribution in [1.82, 2.24) is 0 Å². The van der Waals surface area contributed by atoms with Gasteiger partial charge in [0.05, 0.1) is 10.0 Å². The van der Waals surface area contributed by atoms with Gasteiger partial charge in [0.25, 0.3) is 0 Å². The number of benzene rings is 2. The Morgan fingerprint density at radius 3 is 2.60 bits per heavy atom. The fourth-order valence-corrected chi connectivity index (χ4v) is 1.84. The molecule has 0 atom stereocenters. The van der Waals surface area contributed by atoms with Crippen LogP contribution in [0.2, 0.25) is 10.0 Å². The number of rotatable bonds is 4. The molecule has 0 fully saturated rings. The molecule has 0 aromatic heterocycles. The highest BCUT2D eigenvalue weighted by Crippen LogP contribution is 2.22. The van der Waals surface area contributed by atoms with Crippen molar-refractivity contribution < 1.29 is 9.18 Å². The summed E-state index contributed by atoms with van der Waals surface area (Å²) in [5.74, 6) is -0.577. The summed E-state index contributed by atoms with van der Waals surface area (Å²) in [5.41, 5.74) is 0.986. The van der Waals surface area contributed by atoms with E-state index in [0.717, 1.165) is 0 Å². The van der Waals surface area contributed by atoms with Crippen molar-refractivity contribution in [2.45, 2.75) is 0 Å². The van der Waals surface area contributed by atoms with Crippen LogP contribution in [0, 0.1) is 5.82 Å². The maximum atomic E-state index is 12.9. The van der Waals surface area contributed by atoms with Gasteiger partial charge in [0, 0.05) is 23.5 Å². The molecule has 20 heavy (non-hydrogen) atoms. The molecule has 0 saturated heterocycles. The third-order valence-corrected chi connectivity index (χ3v) is 3.25. The number of nitrogens with one attached hydrogen (secondary N) is 1.